The minimum Gasteiger partial charge on any atom is -0.457 e. The summed E-state index contributed by atoms with van der Waals surface area (Å²) in [4.78, 5) is 8.73. The Kier molecular flexibility index (Phi) is 3.98. The second-order valence-corrected chi connectivity index (χ2v) is 6.77. The molecule has 140 valence electrons. The maximum absolute atomic E-state index is 6.24. The van der Waals surface area contributed by atoms with Gasteiger partial charge in [-0.05, 0) is 42.8 Å². The van der Waals surface area contributed by atoms with Crippen molar-refractivity contribution >= 4 is 16.9 Å². The normalized spacial score (nSPS) is 15.7. The molecule has 1 aliphatic rings. The summed E-state index contributed by atoms with van der Waals surface area (Å²) in [5, 5.41) is 0. The molecule has 0 spiro atoms. The zero-order valence-corrected chi connectivity index (χ0v) is 15.5. The highest BCUT2D eigenvalue weighted by Crippen LogP contribution is 2.42. The lowest BCUT2D eigenvalue weighted by Crippen LogP contribution is -2.03. The number of para-hydroxylation sites is 1. The van der Waals surface area contributed by atoms with E-state index in [4.69, 9.17) is 15.2 Å². The molecule has 0 radical (unpaired) electrons. The van der Waals surface area contributed by atoms with Crippen molar-refractivity contribution in [3.05, 3.63) is 72.2 Å². The number of benzene rings is 2. The van der Waals surface area contributed by atoms with Crippen LogP contribution < -0.4 is 10.5 Å². The third-order valence-corrected chi connectivity index (χ3v) is 5.10. The van der Waals surface area contributed by atoms with Gasteiger partial charge in [-0.1, -0.05) is 25.1 Å². The van der Waals surface area contributed by atoms with Crippen LogP contribution in [0, 0.1) is 0 Å². The SMILES string of the molecule is CCC1OCc2c1c1ncnc(N)c1n2-c1ccc(Oc2ccccc2)cc1. The van der Waals surface area contributed by atoms with E-state index in [2.05, 4.69) is 21.5 Å². The molecule has 4 aromatic rings. The number of nitrogen functional groups attached to an aromatic ring is 1. The number of ether oxygens (including phenoxy) is 2. The molecule has 0 saturated heterocycles. The van der Waals surface area contributed by atoms with E-state index in [1.54, 1.807) is 0 Å². The van der Waals surface area contributed by atoms with Crippen LogP contribution in [0.15, 0.2) is 60.9 Å². The van der Waals surface area contributed by atoms with Gasteiger partial charge in [-0.2, -0.15) is 0 Å². The Labute approximate surface area is 162 Å². The summed E-state index contributed by atoms with van der Waals surface area (Å²) in [5.41, 5.74) is 11.1. The number of rotatable bonds is 4. The summed E-state index contributed by atoms with van der Waals surface area (Å²) < 4.78 is 14.0. The zero-order chi connectivity index (χ0) is 19.1. The highest BCUT2D eigenvalue weighted by molar-refractivity contribution is 5.91. The van der Waals surface area contributed by atoms with Crippen LogP contribution in [0.25, 0.3) is 16.7 Å². The summed E-state index contributed by atoms with van der Waals surface area (Å²) in [5.74, 6) is 2.05. The van der Waals surface area contributed by atoms with Crippen LogP contribution in [0.5, 0.6) is 11.5 Å². The van der Waals surface area contributed by atoms with Crippen molar-refractivity contribution < 1.29 is 9.47 Å². The fourth-order valence-corrected chi connectivity index (χ4v) is 3.84. The van der Waals surface area contributed by atoms with Crippen molar-refractivity contribution in [2.75, 3.05) is 5.73 Å². The van der Waals surface area contributed by atoms with E-state index < -0.39 is 0 Å². The van der Waals surface area contributed by atoms with Crippen molar-refractivity contribution in [2.24, 2.45) is 0 Å². The van der Waals surface area contributed by atoms with E-state index in [0.29, 0.717) is 12.4 Å². The van der Waals surface area contributed by atoms with Gasteiger partial charge in [0.1, 0.15) is 28.9 Å². The maximum atomic E-state index is 6.24. The number of nitrogens with zero attached hydrogens (tertiary/aromatic N) is 3. The van der Waals surface area contributed by atoms with E-state index in [1.165, 1.54) is 6.33 Å². The molecule has 0 amide bonds. The highest BCUT2D eigenvalue weighted by Gasteiger charge is 2.32. The molecule has 6 heteroatoms. The zero-order valence-electron chi connectivity index (χ0n) is 15.5. The first-order valence-electron chi connectivity index (χ1n) is 9.35. The number of aromatic nitrogens is 3. The average Bonchev–Trinajstić information content (AvgIpc) is 3.28. The van der Waals surface area contributed by atoms with Crippen LogP contribution in [-0.2, 0) is 11.3 Å². The van der Waals surface area contributed by atoms with Crippen molar-refractivity contribution in [1.82, 2.24) is 14.5 Å². The molecular formula is C22H20N4O2. The molecule has 0 bridgehead atoms. The number of hydrogen-bond acceptors (Lipinski definition) is 5. The Morgan fingerprint density at radius 3 is 2.57 bits per heavy atom. The lowest BCUT2D eigenvalue weighted by atomic mass is 10.1. The van der Waals surface area contributed by atoms with Gasteiger partial charge in [-0.15, -0.1) is 0 Å². The summed E-state index contributed by atoms with van der Waals surface area (Å²) in [6, 6.07) is 17.7. The molecule has 0 fully saturated rings. The Morgan fingerprint density at radius 1 is 1.07 bits per heavy atom. The molecule has 1 atom stereocenters. The molecule has 0 aliphatic carbocycles. The van der Waals surface area contributed by atoms with E-state index in [0.717, 1.165) is 45.9 Å². The van der Waals surface area contributed by atoms with Gasteiger partial charge in [0.25, 0.3) is 0 Å². The molecule has 2 aromatic carbocycles. The summed E-state index contributed by atoms with van der Waals surface area (Å²) in [6.07, 6.45) is 2.44. The summed E-state index contributed by atoms with van der Waals surface area (Å²) >= 11 is 0. The second-order valence-electron chi connectivity index (χ2n) is 6.77. The van der Waals surface area contributed by atoms with Crippen molar-refractivity contribution in [3.63, 3.8) is 0 Å². The lowest BCUT2D eigenvalue weighted by molar-refractivity contribution is 0.0625. The molecule has 28 heavy (non-hydrogen) atoms. The quantitative estimate of drug-likeness (QED) is 0.558. The van der Waals surface area contributed by atoms with Crippen molar-refractivity contribution in [2.45, 2.75) is 26.1 Å². The first-order chi connectivity index (χ1) is 13.8. The summed E-state index contributed by atoms with van der Waals surface area (Å²) in [6.45, 7) is 2.65. The largest absolute Gasteiger partial charge is 0.457 e. The van der Waals surface area contributed by atoms with Crippen LogP contribution >= 0.6 is 0 Å². The van der Waals surface area contributed by atoms with Gasteiger partial charge in [0.2, 0.25) is 0 Å². The highest BCUT2D eigenvalue weighted by atomic mass is 16.5. The molecule has 2 N–H and O–H groups in total. The Balaban J connectivity index is 1.60. The fraction of sp³-hybridized carbons (Fsp3) is 0.182. The van der Waals surface area contributed by atoms with Crippen molar-refractivity contribution in [3.8, 4) is 17.2 Å². The molecule has 1 aliphatic heterocycles. The Morgan fingerprint density at radius 2 is 1.82 bits per heavy atom. The first kappa shape index (κ1) is 16.8. The molecule has 5 rings (SSSR count). The minimum absolute atomic E-state index is 0.0359. The second kappa shape index (κ2) is 6.65. The van der Waals surface area contributed by atoms with E-state index >= 15 is 0 Å². The standard InChI is InChI=1S/C22H20N4O2/c1-2-18-19-17(12-27-18)26(21-20(19)24-13-25-22(21)23)14-8-10-16(11-9-14)28-15-6-4-3-5-7-15/h3-11,13,18H,2,12H2,1H3,(H2,23,24,25). The fourth-order valence-electron chi connectivity index (χ4n) is 3.84. The topological polar surface area (TPSA) is 75.2 Å². The van der Waals surface area contributed by atoms with Crippen LogP contribution in [0.1, 0.15) is 30.7 Å². The Hall–Kier alpha value is -3.38. The van der Waals surface area contributed by atoms with Gasteiger partial charge < -0.3 is 19.8 Å². The molecule has 6 nitrogen and oxygen atoms in total. The molecule has 3 heterocycles. The number of nitrogens with two attached hydrogens (primary N) is 1. The van der Waals surface area contributed by atoms with E-state index in [-0.39, 0.29) is 6.10 Å². The van der Waals surface area contributed by atoms with Gasteiger partial charge in [0.15, 0.2) is 5.82 Å². The third-order valence-electron chi connectivity index (χ3n) is 5.10. The predicted octanol–water partition coefficient (Wildman–Crippen LogP) is 4.78. The van der Waals surface area contributed by atoms with Crippen LogP contribution in [0.3, 0.4) is 0 Å². The number of hydrogen-bond donors (Lipinski definition) is 1. The molecule has 0 saturated carbocycles. The van der Waals surface area contributed by atoms with Crippen LogP contribution in [0.2, 0.25) is 0 Å². The van der Waals surface area contributed by atoms with Gasteiger partial charge in [0, 0.05) is 11.3 Å². The van der Waals surface area contributed by atoms with Gasteiger partial charge >= 0.3 is 0 Å². The predicted molar refractivity (Wildman–Crippen MR) is 108 cm³/mol. The van der Waals surface area contributed by atoms with E-state index in [9.17, 15) is 0 Å². The smallest absolute Gasteiger partial charge is 0.151 e. The molecule has 1 unspecified atom stereocenters. The first-order valence-corrected chi connectivity index (χ1v) is 9.35. The van der Waals surface area contributed by atoms with Gasteiger partial charge in [0.05, 0.1) is 18.4 Å². The van der Waals surface area contributed by atoms with Crippen molar-refractivity contribution in [1.29, 1.82) is 0 Å². The molecular weight excluding hydrogens is 352 g/mol. The third kappa shape index (κ3) is 2.61. The maximum Gasteiger partial charge on any atom is 0.151 e. The lowest BCUT2D eigenvalue weighted by Gasteiger charge is -2.12. The monoisotopic (exact) mass is 372 g/mol. The summed E-state index contributed by atoms with van der Waals surface area (Å²) in [7, 11) is 0. The van der Waals surface area contributed by atoms with Crippen LogP contribution in [-0.4, -0.2) is 14.5 Å². The Bertz CT molecular complexity index is 1140. The van der Waals surface area contributed by atoms with Gasteiger partial charge in [-0.25, -0.2) is 9.97 Å². The van der Waals surface area contributed by atoms with Crippen LogP contribution in [0.4, 0.5) is 5.82 Å². The average molecular weight is 372 g/mol. The molecule has 2 aromatic heterocycles. The minimum atomic E-state index is 0.0359. The number of fused-ring (bicyclic) bond motifs is 3. The number of anilines is 1. The van der Waals surface area contributed by atoms with E-state index in [1.807, 2.05) is 54.6 Å². The van der Waals surface area contributed by atoms with Gasteiger partial charge in [-0.3, -0.25) is 0 Å².